The standard InChI is InChI=1S/C15H18N2O2/c1-19-14(18)7-6-13-15-11(8-9-16-13)10-4-2-3-5-12(10)17-15/h2-5,13,16-17H,6-9H2,1H3/t13-/m1/s1. The van der Waals surface area contributed by atoms with E-state index in [9.17, 15) is 4.79 Å². The fourth-order valence-corrected chi connectivity index (χ4v) is 2.87. The van der Waals surface area contributed by atoms with Gasteiger partial charge in [-0.05, 0) is 31.0 Å². The molecule has 3 rings (SSSR count). The molecule has 0 bridgehead atoms. The van der Waals surface area contributed by atoms with Crippen LogP contribution < -0.4 is 5.32 Å². The first kappa shape index (κ1) is 12.2. The maximum absolute atomic E-state index is 11.3. The van der Waals surface area contributed by atoms with Gasteiger partial charge in [-0.1, -0.05) is 18.2 Å². The van der Waals surface area contributed by atoms with Crippen LogP contribution >= 0.6 is 0 Å². The van der Waals surface area contributed by atoms with E-state index in [1.807, 2.05) is 6.07 Å². The Morgan fingerprint density at radius 2 is 2.26 bits per heavy atom. The number of esters is 1. The number of nitrogens with one attached hydrogen (secondary N) is 2. The normalized spacial score (nSPS) is 18.3. The van der Waals surface area contributed by atoms with Crippen molar-refractivity contribution < 1.29 is 9.53 Å². The van der Waals surface area contributed by atoms with Gasteiger partial charge in [-0.15, -0.1) is 0 Å². The van der Waals surface area contributed by atoms with Crippen LogP contribution in [-0.2, 0) is 16.0 Å². The van der Waals surface area contributed by atoms with Crippen LogP contribution in [0.1, 0.15) is 30.1 Å². The fraction of sp³-hybridized carbons (Fsp3) is 0.400. The molecule has 0 radical (unpaired) electrons. The largest absolute Gasteiger partial charge is 0.469 e. The van der Waals surface area contributed by atoms with Crippen molar-refractivity contribution in [2.45, 2.75) is 25.3 Å². The summed E-state index contributed by atoms with van der Waals surface area (Å²) in [5.74, 6) is -0.148. The molecular weight excluding hydrogens is 240 g/mol. The molecule has 0 saturated heterocycles. The first-order valence-electron chi connectivity index (χ1n) is 6.69. The number of hydrogen-bond acceptors (Lipinski definition) is 3. The van der Waals surface area contributed by atoms with Gasteiger partial charge >= 0.3 is 5.97 Å². The maximum Gasteiger partial charge on any atom is 0.305 e. The van der Waals surface area contributed by atoms with E-state index in [1.165, 1.54) is 29.3 Å². The van der Waals surface area contributed by atoms with Crippen LogP contribution in [0.15, 0.2) is 24.3 Å². The molecular formula is C15H18N2O2. The first-order chi connectivity index (χ1) is 9.29. The van der Waals surface area contributed by atoms with Crippen LogP contribution in [0.25, 0.3) is 10.9 Å². The van der Waals surface area contributed by atoms with Crippen LogP contribution in [-0.4, -0.2) is 24.6 Å². The third-order valence-corrected chi connectivity index (χ3v) is 3.83. The zero-order valence-electron chi connectivity index (χ0n) is 11.0. The van der Waals surface area contributed by atoms with Gasteiger partial charge in [0.1, 0.15) is 0 Å². The molecule has 0 unspecified atom stereocenters. The number of hydrogen-bond donors (Lipinski definition) is 2. The zero-order chi connectivity index (χ0) is 13.2. The number of ether oxygens (including phenoxy) is 1. The summed E-state index contributed by atoms with van der Waals surface area (Å²) in [6, 6.07) is 8.59. The molecule has 0 amide bonds. The second kappa shape index (κ2) is 5.05. The minimum Gasteiger partial charge on any atom is -0.469 e. The molecule has 1 aromatic carbocycles. The highest BCUT2D eigenvalue weighted by molar-refractivity contribution is 5.85. The van der Waals surface area contributed by atoms with E-state index in [0.717, 1.165) is 19.4 Å². The lowest BCUT2D eigenvalue weighted by Crippen LogP contribution is -2.30. The van der Waals surface area contributed by atoms with E-state index in [1.54, 1.807) is 0 Å². The Labute approximate surface area is 112 Å². The van der Waals surface area contributed by atoms with Gasteiger partial charge in [0.05, 0.1) is 7.11 Å². The van der Waals surface area contributed by atoms with Crippen LogP contribution in [0, 0.1) is 0 Å². The van der Waals surface area contributed by atoms with Crippen LogP contribution in [0.2, 0.25) is 0 Å². The number of para-hydroxylation sites is 1. The molecule has 0 aliphatic carbocycles. The van der Waals surface area contributed by atoms with Crippen LogP contribution in [0.5, 0.6) is 0 Å². The van der Waals surface area contributed by atoms with Crippen molar-refractivity contribution in [2.75, 3.05) is 13.7 Å². The number of benzene rings is 1. The van der Waals surface area contributed by atoms with E-state index in [4.69, 9.17) is 4.74 Å². The van der Waals surface area contributed by atoms with Gasteiger partial charge in [0.25, 0.3) is 0 Å². The second-order valence-corrected chi connectivity index (χ2v) is 4.93. The fourth-order valence-electron chi connectivity index (χ4n) is 2.87. The third-order valence-electron chi connectivity index (χ3n) is 3.83. The van der Waals surface area contributed by atoms with E-state index in [0.29, 0.717) is 6.42 Å². The number of aromatic amines is 1. The molecule has 0 fully saturated rings. The number of rotatable bonds is 3. The van der Waals surface area contributed by atoms with Crippen LogP contribution in [0.3, 0.4) is 0 Å². The number of aromatic nitrogens is 1. The molecule has 1 atom stereocenters. The van der Waals surface area contributed by atoms with Crippen molar-refractivity contribution in [3.05, 3.63) is 35.5 Å². The van der Waals surface area contributed by atoms with Crippen molar-refractivity contribution in [3.63, 3.8) is 0 Å². The predicted octanol–water partition coefficient (Wildman–Crippen LogP) is 2.31. The van der Waals surface area contributed by atoms with Crippen molar-refractivity contribution in [2.24, 2.45) is 0 Å². The minimum absolute atomic E-state index is 0.148. The molecule has 1 aromatic heterocycles. The smallest absolute Gasteiger partial charge is 0.305 e. The van der Waals surface area contributed by atoms with E-state index < -0.39 is 0 Å². The summed E-state index contributed by atoms with van der Waals surface area (Å²) < 4.78 is 4.71. The SMILES string of the molecule is COC(=O)CC[C@H]1NCCc2c1[nH]c1ccccc21. The molecule has 0 spiro atoms. The average Bonchev–Trinajstić information content (AvgIpc) is 2.84. The summed E-state index contributed by atoms with van der Waals surface area (Å²) in [6.07, 6.45) is 2.25. The Morgan fingerprint density at radius 3 is 3.11 bits per heavy atom. The second-order valence-electron chi connectivity index (χ2n) is 4.93. The lowest BCUT2D eigenvalue weighted by atomic mass is 9.96. The molecule has 2 heterocycles. The molecule has 4 heteroatoms. The lowest BCUT2D eigenvalue weighted by Gasteiger charge is -2.24. The third kappa shape index (κ3) is 2.24. The number of H-pyrrole nitrogens is 1. The van der Waals surface area contributed by atoms with Crippen molar-refractivity contribution in [1.82, 2.24) is 10.3 Å². The number of carbonyl (C=O) groups is 1. The zero-order valence-corrected chi connectivity index (χ0v) is 11.0. The summed E-state index contributed by atoms with van der Waals surface area (Å²) >= 11 is 0. The summed E-state index contributed by atoms with van der Waals surface area (Å²) in [7, 11) is 1.44. The summed E-state index contributed by atoms with van der Waals surface area (Å²) in [4.78, 5) is 14.8. The molecule has 19 heavy (non-hydrogen) atoms. The highest BCUT2D eigenvalue weighted by atomic mass is 16.5. The van der Waals surface area contributed by atoms with E-state index in [2.05, 4.69) is 28.5 Å². The Kier molecular flexibility index (Phi) is 3.25. The van der Waals surface area contributed by atoms with E-state index in [-0.39, 0.29) is 12.0 Å². The van der Waals surface area contributed by atoms with Gasteiger partial charge in [-0.25, -0.2) is 0 Å². The van der Waals surface area contributed by atoms with Gasteiger partial charge < -0.3 is 15.0 Å². The van der Waals surface area contributed by atoms with Crippen molar-refractivity contribution in [3.8, 4) is 0 Å². The Bertz CT molecular complexity index is 603. The monoisotopic (exact) mass is 258 g/mol. The van der Waals surface area contributed by atoms with E-state index >= 15 is 0 Å². The van der Waals surface area contributed by atoms with Crippen molar-refractivity contribution in [1.29, 1.82) is 0 Å². The summed E-state index contributed by atoms with van der Waals surface area (Å²) in [5, 5.41) is 4.78. The quantitative estimate of drug-likeness (QED) is 0.831. The van der Waals surface area contributed by atoms with Gasteiger partial charge in [0, 0.05) is 29.1 Å². The van der Waals surface area contributed by atoms with Crippen molar-refractivity contribution >= 4 is 16.9 Å². The van der Waals surface area contributed by atoms with Gasteiger partial charge in [0.15, 0.2) is 0 Å². The van der Waals surface area contributed by atoms with Crippen LogP contribution in [0.4, 0.5) is 0 Å². The Morgan fingerprint density at radius 1 is 1.42 bits per heavy atom. The van der Waals surface area contributed by atoms with Gasteiger partial charge in [-0.3, -0.25) is 4.79 Å². The maximum atomic E-state index is 11.3. The molecule has 100 valence electrons. The molecule has 2 N–H and O–H groups in total. The number of carbonyl (C=O) groups excluding carboxylic acids is 1. The molecule has 0 saturated carbocycles. The minimum atomic E-state index is -0.148. The molecule has 1 aliphatic heterocycles. The molecule has 1 aliphatic rings. The lowest BCUT2D eigenvalue weighted by molar-refractivity contribution is -0.140. The number of fused-ring (bicyclic) bond motifs is 3. The van der Waals surface area contributed by atoms with Gasteiger partial charge in [0.2, 0.25) is 0 Å². The predicted molar refractivity (Wildman–Crippen MR) is 74.0 cm³/mol. The first-order valence-corrected chi connectivity index (χ1v) is 6.69. The Balaban J connectivity index is 1.89. The highest BCUT2D eigenvalue weighted by Crippen LogP contribution is 2.31. The molecule has 4 nitrogen and oxygen atoms in total. The average molecular weight is 258 g/mol. The number of methoxy groups -OCH3 is 1. The molecule has 2 aromatic rings. The topological polar surface area (TPSA) is 54.1 Å². The summed E-state index contributed by atoms with van der Waals surface area (Å²) in [6.45, 7) is 0.959. The Hall–Kier alpha value is -1.81. The highest BCUT2D eigenvalue weighted by Gasteiger charge is 2.24. The van der Waals surface area contributed by atoms with Gasteiger partial charge in [-0.2, -0.15) is 0 Å². The summed E-state index contributed by atoms with van der Waals surface area (Å²) in [5.41, 5.74) is 3.81.